The van der Waals surface area contributed by atoms with Gasteiger partial charge in [0.25, 0.3) is 5.91 Å². The molecule has 0 saturated heterocycles. The number of nitrogens with one attached hydrogen (secondary N) is 2. The Morgan fingerprint density at radius 2 is 1.64 bits per heavy atom. The summed E-state index contributed by atoms with van der Waals surface area (Å²) in [5.41, 5.74) is 0.108. The van der Waals surface area contributed by atoms with E-state index in [2.05, 4.69) is 10.0 Å². The Labute approximate surface area is 193 Å². The van der Waals surface area contributed by atoms with Gasteiger partial charge in [-0.05, 0) is 48.0 Å². The summed E-state index contributed by atoms with van der Waals surface area (Å²) in [5, 5.41) is 2.37. The zero-order valence-electron chi connectivity index (χ0n) is 16.9. The monoisotopic (exact) mass is 498 g/mol. The van der Waals surface area contributed by atoms with Crippen LogP contribution >= 0.6 is 11.6 Å². The summed E-state index contributed by atoms with van der Waals surface area (Å²) < 4.78 is 70.5. The molecule has 3 rings (SSSR count). The van der Waals surface area contributed by atoms with Gasteiger partial charge >= 0.3 is 6.18 Å². The van der Waals surface area contributed by atoms with Crippen molar-refractivity contribution in [3.05, 3.63) is 88.9 Å². The minimum Gasteiger partial charge on any atom is -0.482 e. The van der Waals surface area contributed by atoms with Crippen molar-refractivity contribution in [2.45, 2.75) is 17.6 Å². The molecule has 0 bridgehead atoms. The molecule has 0 aromatic heterocycles. The predicted molar refractivity (Wildman–Crippen MR) is 117 cm³/mol. The van der Waals surface area contributed by atoms with Crippen LogP contribution in [0.1, 0.15) is 11.1 Å². The van der Waals surface area contributed by atoms with E-state index in [0.717, 1.165) is 29.8 Å². The standard InChI is InChI=1S/C22H18ClF3N2O4S/c23-19-12-18(33(30,31)27-13-15-4-2-1-3-5-15)10-11-20(19)32-14-21(29)28-17-8-6-16(7-9-17)22(24,25)26/h1-12,27H,13-14H2,(H,28,29). The Morgan fingerprint density at radius 3 is 2.24 bits per heavy atom. The third kappa shape index (κ3) is 6.95. The first-order chi connectivity index (χ1) is 15.5. The number of alkyl halides is 3. The number of anilines is 1. The molecule has 3 aromatic carbocycles. The molecular formula is C22H18ClF3N2O4S. The molecule has 6 nitrogen and oxygen atoms in total. The van der Waals surface area contributed by atoms with Crippen molar-refractivity contribution in [3.63, 3.8) is 0 Å². The maximum atomic E-state index is 12.6. The van der Waals surface area contributed by atoms with Gasteiger partial charge in [0.2, 0.25) is 10.0 Å². The van der Waals surface area contributed by atoms with Crippen LogP contribution < -0.4 is 14.8 Å². The number of amides is 1. The van der Waals surface area contributed by atoms with Gasteiger partial charge in [0, 0.05) is 12.2 Å². The van der Waals surface area contributed by atoms with Crippen LogP contribution in [0.2, 0.25) is 5.02 Å². The quantitative estimate of drug-likeness (QED) is 0.465. The van der Waals surface area contributed by atoms with Crippen molar-refractivity contribution < 1.29 is 31.1 Å². The average molecular weight is 499 g/mol. The summed E-state index contributed by atoms with van der Waals surface area (Å²) >= 11 is 6.10. The lowest BCUT2D eigenvalue weighted by Gasteiger charge is -2.12. The first-order valence-corrected chi connectivity index (χ1v) is 11.3. The van der Waals surface area contributed by atoms with Gasteiger partial charge in [-0.3, -0.25) is 4.79 Å². The lowest BCUT2D eigenvalue weighted by Crippen LogP contribution is -2.23. The highest BCUT2D eigenvalue weighted by Crippen LogP contribution is 2.30. The topological polar surface area (TPSA) is 84.5 Å². The van der Waals surface area contributed by atoms with Gasteiger partial charge < -0.3 is 10.1 Å². The number of hydrogen-bond acceptors (Lipinski definition) is 4. The number of benzene rings is 3. The molecule has 33 heavy (non-hydrogen) atoms. The van der Waals surface area contributed by atoms with Crippen molar-refractivity contribution in [2.75, 3.05) is 11.9 Å². The number of carbonyl (C=O) groups is 1. The zero-order chi connectivity index (χ0) is 24.1. The Hall–Kier alpha value is -3.08. The molecule has 0 spiro atoms. The summed E-state index contributed by atoms with van der Waals surface area (Å²) in [5.74, 6) is -0.562. The average Bonchev–Trinajstić information content (AvgIpc) is 2.77. The molecule has 11 heteroatoms. The van der Waals surface area contributed by atoms with Crippen molar-refractivity contribution >= 4 is 33.2 Å². The molecule has 0 aliphatic rings. The highest BCUT2D eigenvalue weighted by molar-refractivity contribution is 7.89. The summed E-state index contributed by atoms with van der Waals surface area (Å²) in [4.78, 5) is 11.9. The fourth-order valence-corrected chi connectivity index (χ4v) is 4.05. The number of hydrogen-bond donors (Lipinski definition) is 2. The van der Waals surface area contributed by atoms with Crippen LogP contribution in [0.25, 0.3) is 0 Å². The lowest BCUT2D eigenvalue weighted by atomic mass is 10.2. The molecule has 0 radical (unpaired) electrons. The van der Waals surface area contributed by atoms with Crippen LogP contribution in [0.3, 0.4) is 0 Å². The molecule has 2 N–H and O–H groups in total. The number of sulfonamides is 1. The minimum absolute atomic E-state index is 0.0279. The van der Waals surface area contributed by atoms with E-state index in [-0.39, 0.29) is 27.9 Å². The SMILES string of the molecule is O=C(COc1ccc(S(=O)(=O)NCc2ccccc2)cc1Cl)Nc1ccc(C(F)(F)F)cc1. The van der Waals surface area contributed by atoms with Crippen LogP contribution in [-0.4, -0.2) is 20.9 Å². The molecule has 0 unspecified atom stereocenters. The molecule has 0 aliphatic carbocycles. The van der Waals surface area contributed by atoms with Crippen LogP contribution in [0, 0.1) is 0 Å². The number of carbonyl (C=O) groups excluding carboxylic acids is 1. The van der Waals surface area contributed by atoms with E-state index in [1.54, 1.807) is 24.3 Å². The van der Waals surface area contributed by atoms with Gasteiger partial charge in [-0.1, -0.05) is 41.9 Å². The van der Waals surface area contributed by atoms with Crippen LogP contribution in [0.4, 0.5) is 18.9 Å². The van der Waals surface area contributed by atoms with Gasteiger partial charge in [-0.15, -0.1) is 0 Å². The Kier molecular flexibility index (Phi) is 7.62. The van der Waals surface area contributed by atoms with Gasteiger partial charge in [-0.25, -0.2) is 13.1 Å². The molecule has 0 saturated carbocycles. The third-order valence-electron chi connectivity index (χ3n) is 4.38. The predicted octanol–water partition coefficient (Wildman–Crippen LogP) is 4.85. The Balaban J connectivity index is 1.57. The lowest BCUT2D eigenvalue weighted by molar-refractivity contribution is -0.137. The smallest absolute Gasteiger partial charge is 0.416 e. The first-order valence-electron chi connectivity index (χ1n) is 9.48. The molecular weight excluding hydrogens is 481 g/mol. The molecule has 0 aliphatic heterocycles. The highest BCUT2D eigenvalue weighted by atomic mass is 35.5. The number of halogens is 4. The van der Waals surface area contributed by atoms with Crippen molar-refractivity contribution in [1.29, 1.82) is 0 Å². The summed E-state index contributed by atoms with van der Waals surface area (Å²) in [7, 11) is -3.83. The largest absolute Gasteiger partial charge is 0.482 e. The highest BCUT2D eigenvalue weighted by Gasteiger charge is 2.30. The fraction of sp³-hybridized carbons (Fsp3) is 0.136. The summed E-state index contributed by atoms with van der Waals surface area (Å²) in [6.45, 7) is -0.387. The van der Waals surface area contributed by atoms with Crippen LogP contribution in [-0.2, 0) is 27.5 Å². The van der Waals surface area contributed by atoms with Crippen molar-refractivity contribution in [2.24, 2.45) is 0 Å². The van der Waals surface area contributed by atoms with E-state index in [1.807, 2.05) is 6.07 Å². The number of ether oxygens (including phenoxy) is 1. The second kappa shape index (κ2) is 10.2. The Morgan fingerprint density at radius 1 is 0.970 bits per heavy atom. The maximum absolute atomic E-state index is 12.6. The van der Waals surface area contributed by atoms with Gasteiger partial charge in [-0.2, -0.15) is 13.2 Å². The summed E-state index contributed by atoms with van der Waals surface area (Å²) in [6.07, 6.45) is -4.47. The minimum atomic E-state index is -4.47. The molecule has 1 amide bonds. The van der Waals surface area contributed by atoms with E-state index in [0.29, 0.717) is 0 Å². The van der Waals surface area contributed by atoms with Gasteiger partial charge in [0.05, 0.1) is 15.5 Å². The van der Waals surface area contributed by atoms with E-state index < -0.39 is 34.3 Å². The second-order valence-corrected chi connectivity index (χ2v) is 8.99. The Bertz CT molecular complexity index is 1220. The fourth-order valence-electron chi connectivity index (χ4n) is 2.71. The molecule has 0 heterocycles. The third-order valence-corrected chi connectivity index (χ3v) is 6.07. The summed E-state index contributed by atoms with van der Waals surface area (Å²) in [6, 6.07) is 16.7. The van der Waals surface area contributed by atoms with E-state index in [9.17, 15) is 26.4 Å². The number of rotatable bonds is 8. The van der Waals surface area contributed by atoms with E-state index in [1.165, 1.54) is 18.2 Å². The van der Waals surface area contributed by atoms with E-state index in [4.69, 9.17) is 16.3 Å². The molecule has 0 fully saturated rings. The first kappa shape index (κ1) is 24.6. The van der Waals surface area contributed by atoms with Crippen molar-refractivity contribution in [3.8, 4) is 5.75 Å². The normalized spacial score (nSPS) is 11.8. The van der Waals surface area contributed by atoms with Crippen LogP contribution in [0.15, 0.2) is 77.7 Å². The van der Waals surface area contributed by atoms with E-state index >= 15 is 0 Å². The second-order valence-electron chi connectivity index (χ2n) is 6.81. The van der Waals surface area contributed by atoms with Gasteiger partial charge in [0.15, 0.2) is 6.61 Å². The molecule has 174 valence electrons. The van der Waals surface area contributed by atoms with Crippen LogP contribution in [0.5, 0.6) is 5.75 Å². The maximum Gasteiger partial charge on any atom is 0.416 e. The van der Waals surface area contributed by atoms with Crippen molar-refractivity contribution in [1.82, 2.24) is 4.72 Å². The zero-order valence-corrected chi connectivity index (χ0v) is 18.5. The molecule has 3 aromatic rings. The van der Waals surface area contributed by atoms with Gasteiger partial charge in [0.1, 0.15) is 5.75 Å². The molecule has 0 atom stereocenters.